The maximum atomic E-state index is 13.0. The van der Waals surface area contributed by atoms with Crippen molar-refractivity contribution in [2.75, 3.05) is 12.4 Å². The van der Waals surface area contributed by atoms with E-state index in [4.69, 9.17) is 4.74 Å². The van der Waals surface area contributed by atoms with Crippen molar-refractivity contribution in [3.8, 4) is 5.75 Å². The van der Waals surface area contributed by atoms with E-state index in [1.165, 1.54) is 17.8 Å². The minimum Gasteiger partial charge on any atom is -0.493 e. The van der Waals surface area contributed by atoms with Crippen molar-refractivity contribution in [3.05, 3.63) is 58.6 Å². The molecule has 0 spiro atoms. The van der Waals surface area contributed by atoms with Crippen LogP contribution in [0, 0.1) is 11.6 Å². The van der Waals surface area contributed by atoms with Crippen molar-refractivity contribution in [3.63, 3.8) is 0 Å². The number of thioether (sulfide) groups is 1. The largest absolute Gasteiger partial charge is 0.493 e. The fourth-order valence-corrected chi connectivity index (χ4v) is 2.43. The van der Waals surface area contributed by atoms with Gasteiger partial charge in [-0.2, -0.15) is 0 Å². The molecule has 0 aliphatic rings. The van der Waals surface area contributed by atoms with Gasteiger partial charge < -0.3 is 4.74 Å². The summed E-state index contributed by atoms with van der Waals surface area (Å²) in [6.07, 6.45) is 0. The van der Waals surface area contributed by atoms with Gasteiger partial charge in [0.2, 0.25) is 0 Å². The second kappa shape index (κ2) is 6.91. The van der Waals surface area contributed by atoms with E-state index in [1.807, 2.05) is 24.3 Å². The van der Waals surface area contributed by atoms with E-state index in [9.17, 15) is 8.78 Å². The monoisotopic (exact) mass is 344 g/mol. The van der Waals surface area contributed by atoms with Crippen molar-refractivity contribution >= 4 is 27.7 Å². The summed E-state index contributed by atoms with van der Waals surface area (Å²) in [5, 5.41) is 0. The fourth-order valence-electron chi connectivity index (χ4n) is 1.42. The third-order valence-electron chi connectivity index (χ3n) is 2.33. The predicted molar refractivity (Wildman–Crippen MR) is 76.7 cm³/mol. The highest BCUT2D eigenvalue weighted by Crippen LogP contribution is 2.21. The van der Waals surface area contributed by atoms with Crippen LogP contribution >= 0.6 is 27.7 Å². The molecule has 0 unspecified atom stereocenters. The Labute approximate surface area is 123 Å². The van der Waals surface area contributed by atoms with Crippen LogP contribution in [0.4, 0.5) is 8.78 Å². The predicted octanol–water partition coefficient (Wildman–Crippen LogP) is 4.90. The molecule has 0 aromatic heterocycles. The minimum atomic E-state index is -0.824. The van der Waals surface area contributed by atoms with Gasteiger partial charge in [0.15, 0.2) is 11.6 Å². The van der Waals surface area contributed by atoms with Crippen LogP contribution in [-0.4, -0.2) is 12.4 Å². The van der Waals surface area contributed by atoms with E-state index in [1.54, 1.807) is 6.07 Å². The average Bonchev–Trinajstić information content (AvgIpc) is 2.41. The van der Waals surface area contributed by atoms with E-state index in [2.05, 4.69) is 15.9 Å². The summed E-state index contributed by atoms with van der Waals surface area (Å²) in [7, 11) is 0. The molecular weight excluding hydrogens is 334 g/mol. The highest BCUT2D eigenvalue weighted by molar-refractivity contribution is 9.10. The topological polar surface area (TPSA) is 9.23 Å². The SMILES string of the molecule is Fc1ccc(SCCOc2ccc(Br)cc2)cc1F. The standard InChI is InChI=1S/C14H11BrF2OS/c15-10-1-3-11(4-2-10)18-7-8-19-12-5-6-13(16)14(17)9-12/h1-6,9H,7-8H2. The van der Waals surface area contributed by atoms with E-state index in [0.717, 1.165) is 16.3 Å². The van der Waals surface area contributed by atoms with Crippen LogP contribution in [0.3, 0.4) is 0 Å². The highest BCUT2D eigenvalue weighted by atomic mass is 79.9. The van der Waals surface area contributed by atoms with Crippen molar-refractivity contribution in [2.24, 2.45) is 0 Å². The molecule has 0 aliphatic heterocycles. The van der Waals surface area contributed by atoms with Gasteiger partial charge in [0.1, 0.15) is 5.75 Å². The molecule has 0 heterocycles. The van der Waals surface area contributed by atoms with Crippen molar-refractivity contribution in [1.29, 1.82) is 0 Å². The van der Waals surface area contributed by atoms with Gasteiger partial charge in [-0.25, -0.2) is 8.78 Å². The Hall–Kier alpha value is -1.07. The summed E-state index contributed by atoms with van der Waals surface area (Å²) in [5.41, 5.74) is 0. The quantitative estimate of drug-likeness (QED) is 0.563. The average molecular weight is 345 g/mol. The molecule has 2 aromatic rings. The number of rotatable bonds is 5. The van der Waals surface area contributed by atoms with E-state index >= 15 is 0 Å². The lowest BCUT2D eigenvalue weighted by molar-refractivity contribution is 0.344. The second-order valence-electron chi connectivity index (χ2n) is 3.73. The summed E-state index contributed by atoms with van der Waals surface area (Å²) >= 11 is 4.77. The van der Waals surface area contributed by atoms with Gasteiger partial charge in [0.05, 0.1) is 6.61 Å². The highest BCUT2D eigenvalue weighted by Gasteiger charge is 2.03. The van der Waals surface area contributed by atoms with Crippen molar-refractivity contribution < 1.29 is 13.5 Å². The third kappa shape index (κ3) is 4.51. The first-order valence-corrected chi connectivity index (χ1v) is 7.39. The van der Waals surface area contributed by atoms with Crippen LogP contribution < -0.4 is 4.74 Å². The normalized spacial score (nSPS) is 10.5. The number of ether oxygens (including phenoxy) is 1. The van der Waals surface area contributed by atoms with Gasteiger partial charge in [-0.05, 0) is 42.5 Å². The Morgan fingerprint density at radius 1 is 1.00 bits per heavy atom. The van der Waals surface area contributed by atoms with Gasteiger partial charge in [-0.3, -0.25) is 0 Å². The van der Waals surface area contributed by atoms with Crippen molar-refractivity contribution in [2.45, 2.75) is 4.90 Å². The summed E-state index contributed by atoms with van der Waals surface area (Å²) < 4.78 is 32.2. The summed E-state index contributed by atoms with van der Waals surface area (Å²) in [5.74, 6) is -0.190. The lowest BCUT2D eigenvalue weighted by atomic mass is 10.3. The molecule has 0 fully saturated rings. The molecule has 0 aliphatic carbocycles. The molecule has 0 atom stereocenters. The molecule has 0 N–H and O–H groups in total. The molecule has 2 aromatic carbocycles. The van der Waals surface area contributed by atoms with E-state index < -0.39 is 11.6 Å². The zero-order valence-electron chi connectivity index (χ0n) is 9.91. The molecule has 0 radical (unpaired) electrons. The maximum Gasteiger partial charge on any atom is 0.159 e. The molecular formula is C14H11BrF2OS. The number of hydrogen-bond acceptors (Lipinski definition) is 2. The Morgan fingerprint density at radius 3 is 2.42 bits per heavy atom. The third-order valence-corrected chi connectivity index (χ3v) is 3.81. The van der Waals surface area contributed by atoms with Crippen LogP contribution in [0.15, 0.2) is 51.8 Å². The van der Waals surface area contributed by atoms with Gasteiger partial charge in [-0.1, -0.05) is 15.9 Å². The number of benzene rings is 2. The van der Waals surface area contributed by atoms with Crippen LogP contribution in [0.2, 0.25) is 0 Å². The van der Waals surface area contributed by atoms with Crippen LogP contribution in [0.5, 0.6) is 5.75 Å². The summed E-state index contributed by atoms with van der Waals surface area (Å²) in [6, 6.07) is 11.4. The Morgan fingerprint density at radius 2 is 1.74 bits per heavy atom. The lowest BCUT2D eigenvalue weighted by Gasteiger charge is -2.06. The van der Waals surface area contributed by atoms with E-state index in [0.29, 0.717) is 17.3 Å². The second-order valence-corrected chi connectivity index (χ2v) is 5.81. The first-order chi connectivity index (χ1) is 9.15. The first kappa shape index (κ1) is 14.3. The smallest absolute Gasteiger partial charge is 0.159 e. The Kier molecular flexibility index (Phi) is 5.22. The first-order valence-electron chi connectivity index (χ1n) is 5.61. The molecule has 0 saturated heterocycles. The molecule has 0 saturated carbocycles. The lowest BCUT2D eigenvalue weighted by Crippen LogP contribution is -1.99. The van der Waals surface area contributed by atoms with Gasteiger partial charge >= 0.3 is 0 Å². The van der Waals surface area contributed by atoms with Gasteiger partial charge in [0, 0.05) is 15.1 Å². The molecule has 100 valence electrons. The van der Waals surface area contributed by atoms with Gasteiger partial charge in [-0.15, -0.1) is 11.8 Å². The number of halogens is 3. The van der Waals surface area contributed by atoms with E-state index in [-0.39, 0.29) is 0 Å². The van der Waals surface area contributed by atoms with Crippen LogP contribution in [0.25, 0.3) is 0 Å². The van der Waals surface area contributed by atoms with Crippen molar-refractivity contribution in [1.82, 2.24) is 0 Å². The zero-order valence-corrected chi connectivity index (χ0v) is 12.3. The fraction of sp³-hybridized carbons (Fsp3) is 0.143. The van der Waals surface area contributed by atoms with Gasteiger partial charge in [0.25, 0.3) is 0 Å². The van der Waals surface area contributed by atoms with Crippen LogP contribution in [-0.2, 0) is 0 Å². The zero-order chi connectivity index (χ0) is 13.7. The molecule has 19 heavy (non-hydrogen) atoms. The number of hydrogen-bond donors (Lipinski definition) is 0. The Bertz CT molecular complexity index is 546. The summed E-state index contributed by atoms with van der Waals surface area (Å²) in [4.78, 5) is 0.693. The molecule has 0 bridgehead atoms. The van der Waals surface area contributed by atoms with Crippen LogP contribution in [0.1, 0.15) is 0 Å². The summed E-state index contributed by atoms with van der Waals surface area (Å²) in [6.45, 7) is 0.505. The molecule has 0 amide bonds. The maximum absolute atomic E-state index is 13.0. The molecule has 2 rings (SSSR count). The molecule has 5 heteroatoms. The Balaban J connectivity index is 1.77. The molecule has 1 nitrogen and oxygen atoms in total. The minimum absolute atomic E-state index is 0.505.